The van der Waals surface area contributed by atoms with Crippen LogP contribution in [0, 0.1) is 5.92 Å². The fourth-order valence-electron chi connectivity index (χ4n) is 2.59. The maximum absolute atomic E-state index is 10.2. The molecule has 0 radical (unpaired) electrons. The second-order valence-corrected chi connectivity index (χ2v) is 4.94. The first-order chi connectivity index (χ1) is 7.18. The van der Waals surface area contributed by atoms with E-state index in [0.717, 1.165) is 23.1 Å². The normalized spacial score (nSPS) is 23.1. The van der Waals surface area contributed by atoms with E-state index in [0.29, 0.717) is 17.6 Å². The van der Waals surface area contributed by atoms with E-state index in [4.69, 9.17) is 0 Å². The fourth-order valence-corrected chi connectivity index (χ4v) is 2.59. The second kappa shape index (κ2) is 2.88. The zero-order valence-electron chi connectivity index (χ0n) is 9.09. The summed E-state index contributed by atoms with van der Waals surface area (Å²) in [6.07, 6.45) is 3.59. The Morgan fingerprint density at radius 2 is 2.13 bits per heavy atom. The lowest BCUT2D eigenvalue weighted by Gasteiger charge is -2.29. The van der Waals surface area contributed by atoms with Crippen LogP contribution in [0.15, 0.2) is 18.7 Å². The van der Waals surface area contributed by atoms with Crippen LogP contribution in [0.25, 0.3) is 5.57 Å². The Labute approximate surface area is 90.4 Å². The van der Waals surface area contributed by atoms with Gasteiger partial charge >= 0.3 is 0 Å². The topological polar surface area (TPSA) is 20.2 Å². The summed E-state index contributed by atoms with van der Waals surface area (Å²) >= 11 is 0. The van der Waals surface area contributed by atoms with E-state index in [-0.39, 0.29) is 0 Å². The third-order valence-electron chi connectivity index (χ3n) is 3.74. The highest BCUT2D eigenvalue weighted by atomic mass is 16.3. The number of hydrogen-bond acceptors (Lipinski definition) is 1. The summed E-state index contributed by atoms with van der Waals surface area (Å²) in [6.45, 7) is 6.28. The lowest BCUT2D eigenvalue weighted by molar-refractivity contribution is 0.449. The summed E-state index contributed by atoms with van der Waals surface area (Å²) in [5, 5.41) is 10.2. The van der Waals surface area contributed by atoms with Crippen molar-refractivity contribution >= 4 is 5.57 Å². The third kappa shape index (κ3) is 1.22. The van der Waals surface area contributed by atoms with E-state index in [2.05, 4.69) is 19.6 Å². The minimum atomic E-state index is 0.503. The number of aromatic hydroxyl groups is 1. The lowest BCUT2D eigenvalue weighted by Crippen LogP contribution is -2.14. The Morgan fingerprint density at radius 3 is 2.73 bits per heavy atom. The minimum absolute atomic E-state index is 0.503. The monoisotopic (exact) mass is 200 g/mol. The number of phenols is 1. The van der Waals surface area contributed by atoms with Gasteiger partial charge in [-0.1, -0.05) is 25.6 Å². The van der Waals surface area contributed by atoms with Crippen LogP contribution in [-0.2, 0) is 6.42 Å². The molecule has 78 valence electrons. The molecule has 0 unspecified atom stereocenters. The Balaban J connectivity index is 2.05. The molecule has 2 aliphatic rings. The molecule has 1 atom stereocenters. The Hall–Kier alpha value is -1.24. The van der Waals surface area contributed by atoms with Gasteiger partial charge in [-0.05, 0) is 42.2 Å². The number of fused-ring (bicyclic) bond motifs is 1. The summed E-state index contributed by atoms with van der Waals surface area (Å²) in [5.41, 5.74) is 4.60. The molecule has 0 aliphatic heterocycles. The van der Waals surface area contributed by atoms with E-state index in [1.165, 1.54) is 18.4 Å². The molecule has 0 amide bonds. The van der Waals surface area contributed by atoms with E-state index in [1.54, 1.807) is 0 Å². The molecule has 0 bridgehead atoms. The summed E-state index contributed by atoms with van der Waals surface area (Å²) in [4.78, 5) is 0. The Bertz CT molecular complexity index is 441. The van der Waals surface area contributed by atoms with Gasteiger partial charge in [0.1, 0.15) is 5.75 Å². The van der Waals surface area contributed by atoms with E-state index < -0.39 is 0 Å². The van der Waals surface area contributed by atoms with E-state index in [1.807, 2.05) is 6.07 Å². The molecule has 3 rings (SSSR count). The molecule has 0 heterocycles. The van der Waals surface area contributed by atoms with Gasteiger partial charge in [0.15, 0.2) is 0 Å². The molecule has 1 aromatic rings. The molecule has 0 aromatic heterocycles. The van der Waals surface area contributed by atoms with Crippen LogP contribution in [0.5, 0.6) is 5.75 Å². The molecular weight excluding hydrogens is 184 g/mol. The van der Waals surface area contributed by atoms with Crippen molar-refractivity contribution in [2.45, 2.75) is 32.1 Å². The first kappa shape index (κ1) is 9.02. The van der Waals surface area contributed by atoms with E-state index >= 15 is 0 Å². The molecule has 2 aliphatic carbocycles. The van der Waals surface area contributed by atoms with Gasteiger partial charge in [-0.2, -0.15) is 0 Å². The predicted octanol–water partition coefficient (Wildman–Crippen LogP) is 3.48. The van der Waals surface area contributed by atoms with Gasteiger partial charge in [0.25, 0.3) is 0 Å². The maximum atomic E-state index is 10.2. The Morgan fingerprint density at radius 1 is 1.40 bits per heavy atom. The molecule has 1 heteroatoms. The second-order valence-electron chi connectivity index (χ2n) is 4.94. The average molecular weight is 200 g/mol. The maximum Gasteiger partial charge on any atom is 0.126 e. The number of rotatable bonds is 2. The fraction of sp³-hybridized carbons (Fsp3) is 0.429. The zero-order chi connectivity index (χ0) is 10.6. The van der Waals surface area contributed by atoms with Crippen LogP contribution in [0.2, 0.25) is 0 Å². The van der Waals surface area contributed by atoms with Crippen molar-refractivity contribution in [3.05, 3.63) is 35.4 Å². The number of allylic oxidation sites excluding steroid dienone is 1. The zero-order valence-corrected chi connectivity index (χ0v) is 9.09. The number of phenolic OH excluding ortho intramolecular Hbond substituents is 1. The minimum Gasteiger partial charge on any atom is -0.507 e. The van der Waals surface area contributed by atoms with Crippen LogP contribution < -0.4 is 0 Å². The Kier molecular flexibility index (Phi) is 1.73. The number of hydrogen-bond donors (Lipinski definition) is 1. The van der Waals surface area contributed by atoms with Crippen LogP contribution in [0.4, 0.5) is 0 Å². The summed E-state index contributed by atoms with van der Waals surface area (Å²) < 4.78 is 0. The first-order valence-electron chi connectivity index (χ1n) is 5.72. The molecule has 15 heavy (non-hydrogen) atoms. The summed E-state index contributed by atoms with van der Waals surface area (Å²) in [6, 6.07) is 4.19. The molecule has 1 aromatic carbocycles. The van der Waals surface area contributed by atoms with Gasteiger partial charge in [0, 0.05) is 11.1 Å². The van der Waals surface area contributed by atoms with Crippen LogP contribution in [0.1, 0.15) is 42.4 Å². The lowest BCUT2D eigenvalue weighted by atomic mass is 9.76. The molecule has 0 saturated heterocycles. The van der Waals surface area contributed by atoms with E-state index in [9.17, 15) is 5.11 Å². The smallest absolute Gasteiger partial charge is 0.126 e. The van der Waals surface area contributed by atoms with Crippen molar-refractivity contribution in [3.8, 4) is 5.75 Å². The SMILES string of the molecule is C=C(c1ccc2c(c1O)[C@H](C)C2)C1CC1. The highest BCUT2D eigenvalue weighted by molar-refractivity contribution is 5.74. The van der Waals surface area contributed by atoms with Gasteiger partial charge in [0.05, 0.1) is 0 Å². The number of benzene rings is 1. The van der Waals surface area contributed by atoms with Crippen LogP contribution >= 0.6 is 0 Å². The third-order valence-corrected chi connectivity index (χ3v) is 3.74. The van der Waals surface area contributed by atoms with Crippen molar-refractivity contribution in [2.75, 3.05) is 0 Å². The van der Waals surface area contributed by atoms with Gasteiger partial charge in [0.2, 0.25) is 0 Å². The van der Waals surface area contributed by atoms with Crippen molar-refractivity contribution in [1.29, 1.82) is 0 Å². The van der Waals surface area contributed by atoms with Crippen molar-refractivity contribution in [2.24, 2.45) is 5.92 Å². The molecule has 0 spiro atoms. The molecule has 1 nitrogen and oxygen atoms in total. The van der Waals surface area contributed by atoms with Crippen molar-refractivity contribution < 1.29 is 5.11 Å². The largest absolute Gasteiger partial charge is 0.507 e. The van der Waals surface area contributed by atoms with Crippen LogP contribution in [-0.4, -0.2) is 5.11 Å². The molecule has 1 fully saturated rings. The standard InChI is InChI=1S/C14H16O/c1-8-7-11-5-6-12(14(15)13(8)11)9(2)10-3-4-10/h5-6,8,10,15H,2-4,7H2,1H3/t8-/m1/s1. The molecule has 1 N–H and O–H groups in total. The highest BCUT2D eigenvalue weighted by Gasteiger charge is 2.31. The van der Waals surface area contributed by atoms with Gasteiger partial charge in [-0.15, -0.1) is 0 Å². The molecule has 1 saturated carbocycles. The van der Waals surface area contributed by atoms with Crippen molar-refractivity contribution in [1.82, 2.24) is 0 Å². The first-order valence-corrected chi connectivity index (χ1v) is 5.72. The summed E-state index contributed by atoms with van der Waals surface area (Å²) in [7, 11) is 0. The highest BCUT2D eigenvalue weighted by Crippen LogP contribution is 2.48. The van der Waals surface area contributed by atoms with Gasteiger partial charge in [-0.3, -0.25) is 0 Å². The predicted molar refractivity (Wildman–Crippen MR) is 62.0 cm³/mol. The average Bonchev–Trinajstić information content (AvgIpc) is 2.98. The van der Waals surface area contributed by atoms with Crippen LogP contribution in [0.3, 0.4) is 0 Å². The van der Waals surface area contributed by atoms with Gasteiger partial charge < -0.3 is 5.11 Å². The molecular formula is C14H16O. The van der Waals surface area contributed by atoms with Gasteiger partial charge in [-0.25, -0.2) is 0 Å². The summed E-state index contributed by atoms with van der Waals surface area (Å²) in [5.74, 6) is 1.65. The van der Waals surface area contributed by atoms with Crippen molar-refractivity contribution in [3.63, 3.8) is 0 Å². The quantitative estimate of drug-likeness (QED) is 0.775.